The number of carbonyl (C=O) groups excluding carboxylic acids is 1. The number of amides is 1. The number of nitrogens with one attached hydrogen (secondary N) is 1. The predicted octanol–water partition coefficient (Wildman–Crippen LogP) is 3.62. The van der Waals surface area contributed by atoms with Gasteiger partial charge in [0, 0.05) is 6.54 Å². The summed E-state index contributed by atoms with van der Waals surface area (Å²) >= 11 is 12.2. The summed E-state index contributed by atoms with van der Waals surface area (Å²) < 4.78 is 5.53. The quantitative estimate of drug-likeness (QED) is 0.725. The summed E-state index contributed by atoms with van der Waals surface area (Å²) in [5.41, 5.74) is 0.895. The summed E-state index contributed by atoms with van der Waals surface area (Å²) in [7, 11) is 1.86. The Morgan fingerprint density at radius 1 is 1.12 bits per heavy atom. The van der Waals surface area contributed by atoms with Crippen LogP contribution in [0.4, 0.5) is 0 Å². The molecule has 0 aliphatic heterocycles. The lowest BCUT2D eigenvalue weighted by molar-refractivity contribution is -0.122. The number of rotatable bonds is 8. The van der Waals surface area contributed by atoms with Crippen molar-refractivity contribution in [3.63, 3.8) is 0 Å². The Hall–Kier alpha value is -1.75. The monoisotopic (exact) mass is 366 g/mol. The second kappa shape index (κ2) is 9.52. The SMILES string of the molecule is CN(CC(=O)NCCOc1ccccc1)Cc1cccc(Cl)c1Cl. The molecule has 128 valence electrons. The fourth-order valence-electron chi connectivity index (χ4n) is 2.19. The van der Waals surface area contributed by atoms with Crippen molar-refractivity contribution in [3.05, 3.63) is 64.1 Å². The van der Waals surface area contributed by atoms with Crippen LogP contribution in [0, 0.1) is 0 Å². The van der Waals surface area contributed by atoms with Crippen LogP contribution in [-0.2, 0) is 11.3 Å². The van der Waals surface area contributed by atoms with Crippen molar-refractivity contribution < 1.29 is 9.53 Å². The molecule has 0 atom stereocenters. The van der Waals surface area contributed by atoms with Gasteiger partial charge < -0.3 is 10.1 Å². The third-order valence-corrected chi connectivity index (χ3v) is 4.18. The van der Waals surface area contributed by atoms with Crippen LogP contribution in [0.3, 0.4) is 0 Å². The number of hydrogen-bond acceptors (Lipinski definition) is 3. The van der Waals surface area contributed by atoms with Gasteiger partial charge in [0.25, 0.3) is 0 Å². The predicted molar refractivity (Wildman–Crippen MR) is 97.7 cm³/mol. The Balaban J connectivity index is 1.69. The van der Waals surface area contributed by atoms with E-state index in [-0.39, 0.29) is 12.5 Å². The highest BCUT2D eigenvalue weighted by atomic mass is 35.5. The van der Waals surface area contributed by atoms with Gasteiger partial charge in [-0.3, -0.25) is 9.69 Å². The van der Waals surface area contributed by atoms with Gasteiger partial charge in [-0.15, -0.1) is 0 Å². The maximum atomic E-state index is 11.9. The van der Waals surface area contributed by atoms with Gasteiger partial charge >= 0.3 is 0 Å². The number of carbonyl (C=O) groups is 1. The summed E-state index contributed by atoms with van der Waals surface area (Å²) in [4.78, 5) is 13.8. The Kier molecular flexibility index (Phi) is 7.37. The third-order valence-electron chi connectivity index (χ3n) is 3.32. The van der Waals surface area contributed by atoms with Crippen molar-refractivity contribution in [1.82, 2.24) is 10.2 Å². The first-order valence-electron chi connectivity index (χ1n) is 7.62. The van der Waals surface area contributed by atoms with Gasteiger partial charge in [-0.05, 0) is 30.8 Å². The average Bonchev–Trinajstić information content (AvgIpc) is 2.57. The number of benzene rings is 2. The molecule has 1 N–H and O–H groups in total. The van der Waals surface area contributed by atoms with Gasteiger partial charge in [0.15, 0.2) is 0 Å². The van der Waals surface area contributed by atoms with Crippen LogP contribution in [-0.4, -0.2) is 37.6 Å². The lowest BCUT2D eigenvalue weighted by atomic mass is 10.2. The van der Waals surface area contributed by atoms with Gasteiger partial charge in [-0.25, -0.2) is 0 Å². The number of ether oxygens (including phenoxy) is 1. The van der Waals surface area contributed by atoms with E-state index < -0.39 is 0 Å². The topological polar surface area (TPSA) is 41.6 Å². The Bertz CT molecular complexity index is 665. The second-order valence-corrected chi connectivity index (χ2v) is 6.18. The van der Waals surface area contributed by atoms with Crippen molar-refractivity contribution in [2.45, 2.75) is 6.54 Å². The summed E-state index contributed by atoms with van der Waals surface area (Å²) in [6.45, 7) is 1.71. The lowest BCUT2D eigenvalue weighted by Crippen LogP contribution is -2.36. The van der Waals surface area contributed by atoms with Gasteiger partial charge in [0.05, 0.1) is 23.1 Å². The second-order valence-electron chi connectivity index (χ2n) is 5.40. The molecular formula is C18H20Cl2N2O2. The molecular weight excluding hydrogens is 347 g/mol. The minimum absolute atomic E-state index is 0.0627. The zero-order valence-corrected chi connectivity index (χ0v) is 15.0. The van der Waals surface area contributed by atoms with Crippen LogP contribution < -0.4 is 10.1 Å². The van der Waals surface area contributed by atoms with Gasteiger partial charge in [-0.2, -0.15) is 0 Å². The summed E-state index contributed by atoms with van der Waals surface area (Å²) in [5, 5.41) is 3.88. The standard InChI is InChI=1S/C18H20Cl2N2O2/c1-22(12-14-6-5-9-16(19)18(14)20)13-17(23)21-10-11-24-15-7-3-2-4-8-15/h2-9H,10-13H2,1H3,(H,21,23). The highest BCUT2D eigenvalue weighted by Crippen LogP contribution is 2.26. The van der Waals surface area contributed by atoms with E-state index in [1.54, 1.807) is 6.07 Å². The average molecular weight is 367 g/mol. The number of nitrogens with zero attached hydrogens (tertiary/aromatic N) is 1. The molecule has 1 amide bonds. The first-order chi connectivity index (χ1) is 11.6. The van der Waals surface area contributed by atoms with E-state index in [4.69, 9.17) is 27.9 Å². The molecule has 2 aromatic carbocycles. The molecule has 24 heavy (non-hydrogen) atoms. The van der Waals surface area contributed by atoms with Crippen molar-refractivity contribution in [2.75, 3.05) is 26.7 Å². The molecule has 0 aliphatic carbocycles. The first kappa shape index (κ1) is 18.6. The van der Waals surface area contributed by atoms with Crippen LogP contribution in [0.25, 0.3) is 0 Å². The molecule has 0 spiro atoms. The molecule has 0 saturated heterocycles. The summed E-state index contributed by atoms with van der Waals surface area (Å²) in [5.74, 6) is 0.728. The molecule has 4 nitrogen and oxygen atoms in total. The molecule has 0 unspecified atom stereocenters. The molecule has 0 fully saturated rings. The number of para-hydroxylation sites is 1. The normalized spacial score (nSPS) is 10.7. The van der Waals surface area contributed by atoms with Gasteiger partial charge in [0.1, 0.15) is 12.4 Å². The molecule has 0 radical (unpaired) electrons. The van der Waals surface area contributed by atoms with Crippen molar-refractivity contribution in [2.24, 2.45) is 0 Å². The Morgan fingerprint density at radius 2 is 1.88 bits per heavy atom. The highest BCUT2D eigenvalue weighted by Gasteiger charge is 2.10. The zero-order valence-electron chi connectivity index (χ0n) is 13.5. The lowest BCUT2D eigenvalue weighted by Gasteiger charge is -2.17. The molecule has 0 aliphatic rings. The highest BCUT2D eigenvalue weighted by molar-refractivity contribution is 6.42. The Labute approximate surface area is 152 Å². The van der Waals surface area contributed by atoms with E-state index in [1.807, 2.05) is 54.4 Å². The first-order valence-corrected chi connectivity index (χ1v) is 8.38. The van der Waals surface area contributed by atoms with Crippen molar-refractivity contribution in [1.29, 1.82) is 0 Å². The van der Waals surface area contributed by atoms with E-state index in [0.717, 1.165) is 11.3 Å². The minimum Gasteiger partial charge on any atom is -0.492 e. The Morgan fingerprint density at radius 3 is 2.62 bits per heavy atom. The summed E-state index contributed by atoms with van der Waals surface area (Å²) in [6, 6.07) is 15.0. The third kappa shape index (κ3) is 6.04. The maximum absolute atomic E-state index is 11.9. The molecule has 2 rings (SSSR count). The fraction of sp³-hybridized carbons (Fsp3) is 0.278. The van der Waals surface area contributed by atoms with Crippen LogP contribution in [0.1, 0.15) is 5.56 Å². The molecule has 0 heterocycles. The van der Waals surface area contributed by atoms with Crippen LogP contribution >= 0.6 is 23.2 Å². The number of halogens is 2. The maximum Gasteiger partial charge on any atom is 0.234 e. The van der Waals surface area contributed by atoms with E-state index in [2.05, 4.69) is 5.32 Å². The van der Waals surface area contributed by atoms with Gasteiger partial charge in [0.2, 0.25) is 5.91 Å². The number of hydrogen-bond donors (Lipinski definition) is 1. The number of likely N-dealkylation sites (N-methyl/N-ethyl adjacent to an activating group) is 1. The van der Waals surface area contributed by atoms with Crippen LogP contribution in [0.2, 0.25) is 10.0 Å². The summed E-state index contributed by atoms with van der Waals surface area (Å²) in [6.07, 6.45) is 0. The molecule has 0 saturated carbocycles. The van der Waals surface area contributed by atoms with E-state index in [1.165, 1.54) is 0 Å². The van der Waals surface area contributed by atoms with Crippen LogP contribution in [0.15, 0.2) is 48.5 Å². The van der Waals surface area contributed by atoms with Crippen LogP contribution in [0.5, 0.6) is 5.75 Å². The van der Waals surface area contributed by atoms with Gasteiger partial charge in [-0.1, -0.05) is 53.5 Å². The van der Waals surface area contributed by atoms with Crippen molar-refractivity contribution in [3.8, 4) is 5.75 Å². The molecule has 6 heteroatoms. The van der Waals surface area contributed by atoms with Crippen molar-refractivity contribution >= 4 is 29.1 Å². The van der Waals surface area contributed by atoms with E-state index in [0.29, 0.717) is 29.7 Å². The minimum atomic E-state index is -0.0627. The zero-order chi connectivity index (χ0) is 17.4. The molecule has 2 aromatic rings. The smallest absolute Gasteiger partial charge is 0.234 e. The largest absolute Gasteiger partial charge is 0.492 e. The van der Waals surface area contributed by atoms with E-state index >= 15 is 0 Å². The molecule has 0 bridgehead atoms. The fourth-order valence-corrected chi connectivity index (χ4v) is 2.57. The molecule has 0 aromatic heterocycles. The van der Waals surface area contributed by atoms with E-state index in [9.17, 15) is 4.79 Å².